The van der Waals surface area contributed by atoms with E-state index in [1.165, 1.54) is 7.11 Å². The molecule has 1 aromatic carbocycles. The number of carbonyl (C=O) groups excluding carboxylic acids is 1. The second kappa shape index (κ2) is 6.52. The van der Waals surface area contributed by atoms with Gasteiger partial charge in [0.2, 0.25) is 0 Å². The van der Waals surface area contributed by atoms with Crippen LogP contribution in [0.4, 0.5) is 0 Å². The van der Waals surface area contributed by atoms with E-state index in [2.05, 4.69) is 6.92 Å². The number of nitrogens with two attached hydrogens (primary N) is 1. The van der Waals surface area contributed by atoms with Gasteiger partial charge in [0, 0.05) is 6.54 Å². The highest BCUT2D eigenvalue weighted by Crippen LogP contribution is 2.21. The summed E-state index contributed by atoms with van der Waals surface area (Å²) in [5.74, 6) is -0.406. The van der Waals surface area contributed by atoms with E-state index in [1.54, 1.807) is 0 Å². The van der Waals surface area contributed by atoms with Crippen molar-refractivity contribution in [2.45, 2.75) is 18.9 Å². The number of ether oxygens (including phenoxy) is 1. The third-order valence-electron chi connectivity index (χ3n) is 2.96. The summed E-state index contributed by atoms with van der Waals surface area (Å²) in [6.07, 6.45) is 1.02. The molecule has 1 aromatic rings. The molecule has 4 nitrogen and oxygen atoms in total. The van der Waals surface area contributed by atoms with Gasteiger partial charge in [0.15, 0.2) is 5.54 Å². The molecule has 18 heavy (non-hydrogen) atoms. The third-order valence-corrected chi connectivity index (χ3v) is 2.96. The lowest BCUT2D eigenvalue weighted by Crippen LogP contribution is -2.53. The molecule has 0 heterocycles. The maximum Gasteiger partial charge on any atom is 0.331 e. The minimum atomic E-state index is -1.11. The molecule has 2 N–H and O–H groups in total. The van der Waals surface area contributed by atoms with Crippen LogP contribution in [-0.2, 0) is 15.1 Å². The van der Waals surface area contributed by atoms with Crippen molar-refractivity contribution >= 4 is 5.97 Å². The summed E-state index contributed by atoms with van der Waals surface area (Å²) in [4.78, 5) is 14.0. The van der Waals surface area contributed by atoms with Gasteiger partial charge in [0.05, 0.1) is 7.11 Å². The number of hydrogen-bond donors (Lipinski definition) is 1. The summed E-state index contributed by atoms with van der Waals surface area (Å²) >= 11 is 0. The van der Waals surface area contributed by atoms with Crippen LogP contribution >= 0.6 is 0 Å². The highest BCUT2D eigenvalue weighted by Gasteiger charge is 2.38. The predicted octanol–water partition coefficient (Wildman–Crippen LogP) is 1.36. The van der Waals surface area contributed by atoms with Crippen LogP contribution in [0.5, 0.6) is 0 Å². The van der Waals surface area contributed by atoms with Gasteiger partial charge in [-0.3, -0.25) is 0 Å². The van der Waals surface area contributed by atoms with Gasteiger partial charge in [0.1, 0.15) is 0 Å². The first kappa shape index (κ1) is 14.7. The number of benzene rings is 1. The maximum absolute atomic E-state index is 12.0. The summed E-state index contributed by atoms with van der Waals surface area (Å²) in [5, 5.41) is 0. The van der Waals surface area contributed by atoms with Crippen LogP contribution in [0.15, 0.2) is 30.3 Å². The zero-order valence-electron chi connectivity index (χ0n) is 11.3. The number of nitrogens with zero attached hydrogens (tertiary/aromatic N) is 1. The minimum absolute atomic E-state index is 0.406. The van der Waals surface area contributed by atoms with E-state index in [-0.39, 0.29) is 0 Å². The molecule has 0 aliphatic carbocycles. The first-order valence-corrected chi connectivity index (χ1v) is 6.16. The summed E-state index contributed by atoms with van der Waals surface area (Å²) in [6, 6.07) is 9.36. The summed E-state index contributed by atoms with van der Waals surface area (Å²) < 4.78 is 4.86. The fraction of sp³-hybridized carbons (Fsp3) is 0.500. The molecule has 1 rings (SSSR count). The molecular weight excluding hydrogens is 228 g/mol. The van der Waals surface area contributed by atoms with Crippen molar-refractivity contribution in [3.05, 3.63) is 35.9 Å². The van der Waals surface area contributed by atoms with Crippen molar-refractivity contribution in [1.82, 2.24) is 4.90 Å². The topological polar surface area (TPSA) is 55.6 Å². The Morgan fingerprint density at radius 3 is 2.50 bits per heavy atom. The minimum Gasteiger partial charge on any atom is -0.467 e. The van der Waals surface area contributed by atoms with Gasteiger partial charge in [-0.2, -0.15) is 0 Å². The molecule has 100 valence electrons. The lowest BCUT2D eigenvalue weighted by atomic mass is 9.90. The van der Waals surface area contributed by atoms with E-state index >= 15 is 0 Å². The number of likely N-dealkylation sites (N-methyl/N-ethyl adjacent to an activating group) is 1. The van der Waals surface area contributed by atoms with E-state index in [0.29, 0.717) is 6.54 Å². The molecule has 0 bridgehead atoms. The average molecular weight is 250 g/mol. The first-order chi connectivity index (χ1) is 8.54. The molecular formula is C14H22N2O2. The third kappa shape index (κ3) is 3.31. The lowest BCUT2D eigenvalue weighted by Gasteiger charge is -2.31. The van der Waals surface area contributed by atoms with Crippen molar-refractivity contribution in [2.75, 3.05) is 27.2 Å². The lowest BCUT2D eigenvalue weighted by molar-refractivity contribution is -0.148. The summed E-state index contributed by atoms with van der Waals surface area (Å²) in [6.45, 7) is 3.43. The first-order valence-electron chi connectivity index (χ1n) is 6.16. The van der Waals surface area contributed by atoms with E-state index in [9.17, 15) is 4.79 Å². The van der Waals surface area contributed by atoms with Crippen LogP contribution in [0.25, 0.3) is 0 Å². The molecule has 0 aliphatic heterocycles. The van der Waals surface area contributed by atoms with Crippen molar-refractivity contribution in [2.24, 2.45) is 5.73 Å². The molecule has 1 atom stereocenters. The Morgan fingerprint density at radius 2 is 2.00 bits per heavy atom. The van der Waals surface area contributed by atoms with Crippen molar-refractivity contribution in [3.8, 4) is 0 Å². The molecule has 0 aromatic heterocycles. The maximum atomic E-state index is 12.0. The monoisotopic (exact) mass is 250 g/mol. The normalized spacial score (nSPS) is 14.3. The van der Waals surface area contributed by atoms with Gasteiger partial charge in [0.25, 0.3) is 0 Å². The number of carbonyl (C=O) groups is 1. The van der Waals surface area contributed by atoms with Crippen molar-refractivity contribution < 1.29 is 9.53 Å². The van der Waals surface area contributed by atoms with Crippen LogP contribution in [0.1, 0.15) is 18.9 Å². The van der Waals surface area contributed by atoms with Gasteiger partial charge in [-0.25, -0.2) is 4.79 Å². The average Bonchev–Trinajstić information content (AvgIpc) is 2.38. The Hall–Kier alpha value is -1.39. The zero-order valence-corrected chi connectivity index (χ0v) is 11.3. The fourth-order valence-electron chi connectivity index (χ4n) is 2.08. The van der Waals surface area contributed by atoms with Crippen LogP contribution < -0.4 is 5.73 Å². The van der Waals surface area contributed by atoms with Crippen LogP contribution in [0, 0.1) is 0 Å². The molecule has 0 fully saturated rings. The quantitative estimate of drug-likeness (QED) is 0.774. The Labute approximate surface area is 109 Å². The van der Waals surface area contributed by atoms with Gasteiger partial charge in [-0.05, 0) is 25.6 Å². The Morgan fingerprint density at radius 1 is 1.39 bits per heavy atom. The predicted molar refractivity (Wildman–Crippen MR) is 72.1 cm³/mol. The van der Waals surface area contributed by atoms with Gasteiger partial charge in [-0.15, -0.1) is 0 Å². The second-order valence-corrected chi connectivity index (χ2v) is 4.57. The molecule has 0 saturated carbocycles. The van der Waals surface area contributed by atoms with Gasteiger partial charge in [-0.1, -0.05) is 37.3 Å². The smallest absolute Gasteiger partial charge is 0.331 e. The largest absolute Gasteiger partial charge is 0.467 e. The highest BCUT2D eigenvalue weighted by molar-refractivity contribution is 5.82. The molecule has 1 unspecified atom stereocenters. The van der Waals surface area contributed by atoms with Crippen LogP contribution in [-0.4, -0.2) is 38.1 Å². The Balaban J connectivity index is 3.00. The summed E-state index contributed by atoms with van der Waals surface area (Å²) in [7, 11) is 3.32. The Kier molecular flexibility index (Phi) is 5.31. The van der Waals surface area contributed by atoms with Gasteiger partial charge >= 0.3 is 5.97 Å². The number of esters is 1. The van der Waals surface area contributed by atoms with Crippen LogP contribution in [0.3, 0.4) is 0 Å². The van der Waals surface area contributed by atoms with Crippen LogP contribution in [0.2, 0.25) is 0 Å². The van der Waals surface area contributed by atoms with E-state index in [4.69, 9.17) is 10.5 Å². The number of hydrogen-bond acceptors (Lipinski definition) is 4. The molecule has 0 radical (unpaired) electrons. The molecule has 4 heteroatoms. The molecule has 0 saturated heterocycles. The van der Waals surface area contributed by atoms with Crippen molar-refractivity contribution in [3.63, 3.8) is 0 Å². The molecule has 0 amide bonds. The number of methoxy groups -OCH3 is 1. The SMILES string of the molecule is CCCN(C)CC(N)(C(=O)OC)c1ccccc1. The van der Waals surface area contributed by atoms with E-state index in [1.807, 2.05) is 42.3 Å². The van der Waals surface area contributed by atoms with Crippen molar-refractivity contribution in [1.29, 1.82) is 0 Å². The van der Waals surface area contributed by atoms with Gasteiger partial charge < -0.3 is 15.4 Å². The van der Waals surface area contributed by atoms with E-state index in [0.717, 1.165) is 18.5 Å². The zero-order chi connectivity index (χ0) is 13.6. The Bertz CT molecular complexity index is 381. The molecule has 0 aliphatic rings. The fourth-order valence-corrected chi connectivity index (χ4v) is 2.08. The summed E-state index contributed by atoms with van der Waals surface area (Å²) in [5.41, 5.74) is 5.95. The standard InChI is InChI=1S/C14H22N2O2/c1-4-10-16(2)11-14(15,13(17)18-3)12-8-6-5-7-9-12/h5-9H,4,10-11,15H2,1-3H3. The van der Waals surface area contributed by atoms with E-state index < -0.39 is 11.5 Å². The number of rotatable bonds is 6. The second-order valence-electron chi connectivity index (χ2n) is 4.57. The molecule has 0 spiro atoms. The highest BCUT2D eigenvalue weighted by atomic mass is 16.5.